The molecular weight excluding hydrogens is 214 g/mol. The van der Waals surface area contributed by atoms with E-state index in [1.165, 1.54) is 0 Å². The molecule has 0 unspecified atom stereocenters. The first kappa shape index (κ1) is 11.5. The van der Waals surface area contributed by atoms with E-state index < -0.39 is 0 Å². The van der Waals surface area contributed by atoms with Gasteiger partial charge in [0.1, 0.15) is 11.5 Å². The van der Waals surface area contributed by atoms with Crippen molar-refractivity contribution in [3.63, 3.8) is 0 Å². The molecule has 90 valence electrons. The summed E-state index contributed by atoms with van der Waals surface area (Å²) >= 11 is 0. The van der Waals surface area contributed by atoms with Gasteiger partial charge in [-0.05, 0) is 25.5 Å². The Balaban J connectivity index is 2.20. The Morgan fingerprint density at radius 1 is 1.35 bits per heavy atom. The Morgan fingerprint density at radius 3 is 2.76 bits per heavy atom. The fourth-order valence-electron chi connectivity index (χ4n) is 1.82. The van der Waals surface area contributed by atoms with E-state index in [1.807, 2.05) is 45.2 Å². The van der Waals surface area contributed by atoms with E-state index in [9.17, 15) is 0 Å². The first-order valence-corrected chi connectivity index (χ1v) is 5.56. The predicted octanol–water partition coefficient (Wildman–Crippen LogP) is 2.51. The quantitative estimate of drug-likeness (QED) is 0.825. The van der Waals surface area contributed by atoms with Crippen molar-refractivity contribution in [3.8, 4) is 0 Å². The van der Waals surface area contributed by atoms with Crippen LogP contribution in [0, 0.1) is 13.8 Å². The fraction of sp³-hybridized carbons (Fsp3) is 0.308. The molecule has 0 fully saturated rings. The molecule has 1 aromatic heterocycles. The van der Waals surface area contributed by atoms with Gasteiger partial charge in [-0.25, -0.2) is 0 Å². The summed E-state index contributed by atoms with van der Waals surface area (Å²) < 4.78 is 5.05. The molecule has 2 aromatic rings. The summed E-state index contributed by atoms with van der Waals surface area (Å²) in [6, 6.07) is 7.95. The van der Waals surface area contributed by atoms with Gasteiger partial charge in [-0.2, -0.15) is 0 Å². The fourth-order valence-corrected chi connectivity index (χ4v) is 1.82. The zero-order valence-corrected chi connectivity index (χ0v) is 10.4. The summed E-state index contributed by atoms with van der Waals surface area (Å²) in [6.07, 6.45) is 0. The number of anilines is 2. The summed E-state index contributed by atoms with van der Waals surface area (Å²) in [4.78, 5) is 2.07. The maximum absolute atomic E-state index is 6.06. The van der Waals surface area contributed by atoms with Crippen LogP contribution in [0.15, 0.2) is 28.8 Å². The summed E-state index contributed by atoms with van der Waals surface area (Å²) in [5.41, 5.74) is 9.89. The molecule has 0 aliphatic heterocycles. The second-order valence-electron chi connectivity index (χ2n) is 4.29. The number of hydrogen-bond acceptors (Lipinski definition) is 4. The van der Waals surface area contributed by atoms with Crippen LogP contribution in [0.25, 0.3) is 0 Å². The monoisotopic (exact) mass is 231 g/mol. The molecule has 4 heteroatoms. The average Bonchev–Trinajstić information content (AvgIpc) is 2.68. The molecule has 0 saturated carbocycles. The van der Waals surface area contributed by atoms with Crippen LogP contribution in [0.3, 0.4) is 0 Å². The molecule has 0 amide bonds. The zero-order valence-electron chi connectivity index (χ0n) is 10.4. The van der Waals surface area contributed by atoms with Crippen LogP contribution in [0.4, 0.5) is 11.4 Å². The van der Waals surface area contributed by atoms with Crippen LogP contribution in [-0.2, 0) is 6.54 Å². The number of nitrogens with zero attached hydrogens (tertiary/aromatic N) is 2. The van der Waals surface area contributed by atoms with Gasteiger partial charge in [-0.3, -0.25) is 0 Å². The molecule has 1 aromatic carbocycles. The average molecular weight is 231 g/mol. The molecule has 2 rings (SSSR count). The molecule has 0 radical (unpaired) electrons. The van der Waals surface area contributed by atoms with E-state index in [1.54, 1.807) is 0 Å². The first-order chi connectivity index (χ1) is 8.08. The number of aromatic nitrogens is 1. The smallest absolute Gasteiger partial charge is 0.133 e. The number of hydrogen-bond donors (Lipinski definition) is 1. The molecule has 0 aliphatic carbocycles. The van der Waals surface area contributed by atoms with E-state index in [4.69, 9.17) is 10.3 Å². The molecule has 4 nitrogen and oxygen atoms in total. The van der Waals surface area contributed by atoms with Gasteiger partial charge in [-0.1, -0.05) is 17.3 Å². The van der Waals surface area contributed by atoms with Gasteiger partial charge < -0.3 is 15.2 Å². The Labute approximate surface area is 101 Å². The normalized spacial score (nSPS) is 10.5. The lowest BCUT2D eigenvalue weighted by Crippen LogP contribution is -2.18. The maximum atomic E-state index is 6.06. The standard InChI is InChI=1S/C13H17N3O/c1-9-5-4-6-12(13(9)14)16(3)8-11-7-10(2)17-15-11/h4-7H,8,14H2,1-3H3. The first-order valence-electron chi connectivity index (χ1n) is 5.56. The Hall–Kier alpha value is -1.97. The molecular formula is C13H17N3O. The second kappa shape index (κ2) is 4.49. The van der Waals surface area contributed by atoms with Crippen LogP contribution in [0.5, 0.6) is 0 Å². The van der Waals surface area contributed by atoms with Crippen molar-refractivity contribution in [3.05, 3.63) is 41.3 Å². The van der Waals surface area contributed by atoms with E-state index >= 15 is 0 Å². The molecule has 0 saturated heterocycles. The number of para-hydroxylation sites is 1. The largest absolute Gasteiger partial charge is 0.397 e. The van der Waals surface area contributed by atoms with E-state index in [0.29, 0.717) is 6.54 Å². The minimum atomic E-state index is 0.686. The Bertz CT molecular complexity index is 519. The lowest BCUT2D eigenvalue weighted by molar-refractivity contribution is 0.390. The van der Waals surface area contributed by atoms with Crippen molar-refractivity contribution < 1.29 is 4.52 Å². The van der Waals surface area contributed by atoms with Crippen molar-refractivity contribution in [2.45, 2.75) is 20.4 Å². The zero-order chi connectivity index (χ0) is 12.4. The minimum absolute atomic E-state index is 0.686. The van der Waals surface area contributed by atoms with Crippen LogP contribution >= 0.6 is 0 Å². The highest BCUT2D eigenvalue weighted by Crippen LogP contribution is 2.26. The van der Waals surface area contributed by atoms with Crippen molar-refractivity contribution in [2.75, 3.05) is 17.7 Å². The van der Waals surface area contributed by atoms with Crippen molar-refractivity contribution in [1.29, 1.82) is 0 Å². The van der Waals surface area contributed by atoms with E-state index in [2.05, 4.69) is 10.1 Å². The molecule has 2 N–H and O–H groups in total. The topological polar surface area (TPSA) is 55.3 Å². The van der Waals surface area contributed by atoms with Gasteiger partial charge in [-0.15, -0.1) is 0 Å². The summed E-state index contributed by atoms with van der Waals surface area (Å²) in [5.74, 6) is 0.825. The maximum Gasteiger partial charge on any atom is 0.133 e. The van der Waals surface area contributed by atoms with Gasteiger partial charge in [0.2, 0.25) is 0 Å². The summed E-state index contributed by atoms with van der Waals surface area (Å²) in [7, 11) is 2.00. The van der Waals surface area contributed by atoms with Crippen molar-refractivity contribution in [2.24, 2.45) is 0 Å². The third-order valence-corrected chi connectivity index (χ3v) is 2.79. The molecule has 0 aliphatic rings. The predicted molar refractivity (Wildman–Crippen MR) is 68.9 cm³/mol. The van der Waals surface area contributed by atoms with E-state index in [0.717, 1.165) is 28.4 Å². The van der Waals surface area contributed by atoms with Crippen LogP contribution in [-0.4, -0.2) is 12.2 Å². The van der Waals surface area contributed by atoms with Gasteiger partial charge in [0.25, 0.3) is 0 Å². The number of nitrogens with two attached hydrogens (primary N) is 1. The molecule has 0 bridgehead atoms. The summed E-state index contributed by atoms with van der Waals surface area (Å²) in [6.45, 7) is 4.58. The van der Waals surface area contributed by atoms with Gasteiger partial charge in [0, 0.05) is 13.1 Å². The highest BCUT2D eigenvalue weighted by Gasteiger charge is 2.09. The minimum Gasteiger partial charge on any atom is -0.397 e. The van der Waals surface area contributed by atoms with Gasteiger partial charge in [0.15, 0.2) is 0 Å². The Morgan fingerprint density at radius 2 is 2.12 bits per heavy atom. The number of benzene rings is 1. The lowest BCUT2D eigenvalue weighted by Gasteiger charge is -2.20. The summed E-state index contributed by atoms with van der Waals surface area (Å²) in [5, 5.41) is 3.98. The number of nitrogen functional groups attached to an aromatic ring is 1. The van der Waals surface area contributed by atoms with E-state index in [-0.39, 0.29) is 0 Å². The molecule has 1 heterocycles. The number of aryl methyl sites for hydroxylation is 2. The van der Waals surface area contributed by atoms with Crippen LogP contribution < -0.4 is 10.6 Å². The second-order valence-corrected chi connectivity index (χ2v) is 4.29. The van der Waals surface area contributed by atoms with Crippen LogP contribution in [0.1, 0.15) is 17.0 Å². The van der Waals surface area contributed by atoms with Crippen molar-refractivity contribution in [1.82, 2.24) is 5.16 Å². The van der Waals surface area contributed by atoms with Crippen LogP contribution in [0.2, 0.25) is 0 Å². The third kappa shape index (κ3) is 2.41. The van der Waals surface area contributed by atoms with Gasteiger partial charge in [0.05, 0.1) is 17.9 Å². The molecule has 0 spiro atoms. The highest BCUT2D eigenvalue weighted by atomic mass is 16.5. The molecule has 0 atom stereocenters. The van der Waals surface area contributed by atoms with Crippen molar-refractivity contribution >= 4 is 11.4 Å². The third-order valence-electron chi connectivity index (χ3n) is 2.79. The Kier molecular flexibility index (Phi) is 3.04. The highest BCUT2D eigenvalue weighted by molar-refractivity contribution is 5.70. The lowest BCUT2D eigenvalue weighted by atomic mass is 10.1. The SMILES string of the molecule is Cc1cc(CN(C)c2cccc(C)c2N)no1. The van der Waals surface area contributed by atoms with Gasteiger partial charge >= 0.3 is 0 Å². The molecule has 17 heavy (non-hydrogen) atoms. The number of rotatable bonds is 3.